The summed E-state index contributed by atoms with van der Waals surface area (Å²) in [6.45, 7) is 32.5. The minimum absolute atomic E-state index is 0.122. The summed E-state index contributed by atoms with van der Waals surface area (Å²) in [7, 11) is 0. The smallest absolute Gasteiger partial charge is 0.252 e. The van der Waals surface area contributed by atoms with Crippen LogP contribution in [0.4, 0.5) is 34.1 Å². The Balaban J connectivity index is 1.24. The number of nitrogens with zero attached hydrogens (tertiary/aromatic N) is 2. The van der Waals surface area contributed by atoms with Crippen molar-refractivity contribution >= 4 is 57.2 Å². The quantitative estimate of drug-likeness (QED) is 0.163. The predicted octanol–water partition coefficient (Wildman–Crippen LogP) is 16.6. The van der Waals surface area contributed by atoms with Gasteiger partial charge in [0.05, 0.1) is 5.69 Å². The van der Waals surface area contributed by atoms with E-state index in [0.29, 0.717) is 5.56 Å². The molecule has 0 atom stereocenters. The van der Waals surface area contributed by atoms with E-state index in [-0.39, 0.29) is 39.2 Å². The first-order valence-electron chi connectivity index (χ1n) is 28.2. The Kier molecular flexibility index (Phi) is 9.32. The van der Waals surface area contributed by atoms with Gasteiger partial charge in [-0.25, -0.2) is 0 Å². The van der Waals surface area contributed by atoms with E-state index in [2.05, 4.69) is 253 Å². The topological polar surface area (TPSA) is 6.48 Å². The molecule has 2 nitrogen and oxygen atoms in total. The lowest BCUT2D eigenvalue weighted by atomic mass is 9.33. The lowest BCUT2D eigenvalue weighted by Crippen LogP contribution is -2.62. The van der Waals surface area contributed by atoms with Crippen LogP contribution in [-0.2, 0) is 32.5 Å². The Morgan fingerprint density at radius 2 is 0.822 bits per heavy atom. The molecule has 0 bridgehead atoms. The van der Waals surface area contributed by atoms with Crippen molar-refractivity contribution in [1.29, 1.82) is 0 Å². The molecular formula is C70H73BN2. The predicted molar refractivity (Wildman–Crippen MR) is 314 cm³/mol. The van der Waals surface area contributed by atoms with E-state index in [1.165, 1.54) is 66.6 Å². The molecule has 0 amide bonds. The van der Waals surface area contributed by atoms with Crippen molar-refractivity contribution in [2.75, 3.05) is 9.80 Å². The molecule has 12 rings (SSSR count). The zero-order valence-electron chi connectivity index (χ0n) is 48.9. The van der Waals surface area contributed by atoms with E-state index in [4.69, 9.17) is 0 Å². The average Bonchev–Trinajstić information content (AvgIpc) is 3.47. The van der Waals surface area contributed by atoms with Crippen LogP contribution in [0, 0.1) is 13.8 Å². The van der Waals surface area contributed by atoms with Crippen LogP contribution in [-0.4, -0.2) is 6.71 Å². The first-order valence-corrected chi connectivity index (χ1v) is 26.7. The second-order valence-corrected chi connectivity index (χ2v) is 26.1. The molecule has 2 heterocycles. The molecule has 0 unspecified atom stereocenters. The molecule has 4 aliphatic rings. The maximum absolute atomic E-state index is 9.35. The van der Waals surface area contributed by atoms with Crippen LogP contribution in [0.2, 0.25) is 0 Å². The van der Waals surface area contributed by atoms with E-state index in [1.807, 2.05) is 12.1 Å². The Labute approximate surface area is 441 Å². The van der Waals surface area contributed by atoms with Crippen molar-refractivity contribution in [1.82, 2.24) is 0 Å². The van der Waals surface area contributed by atoms with Gasteiger partial charge >= 0.3 is 0 Å². The Morgan fingerprint density at radius 3 is 1.33 bits per heavy atom. The SMILES string of the molecule is [2H]C([2H])([2H])c1cc2c3c(c1)N(c1ccc(C(C)(C)C)cc1-c1ccccc1)c1cc4c(cc1B3c1cc(C(C)(C)C)ccc1N2c1cc2c(cc1C)C(C)(C)c1ccccc1C2(C)C)C(C)(C)c1ccccc1C4(C)C. The first-order chi connectivity index (χ1) is 35.5. The van der Waals surface area contributed by atoms with Crippen molar-refractivity contribution in [2.24, 2.45) is 0 Å². The van der Waals surface area contributed by atoms with E-state index in [9.17, 15) is 4.11 Å². The molecule has 8 aromatic rings. The Morgan fingerprint density at radius 1 is 0.397 bits per heavy atom. The molecule has 366 valence electrons. The lowest BCUT2D eigenvalue weighted by molar-refractivity contribution is 0.520. The van der Waals surface area contributed by atoms with Crippen LogP contribution in [0.15, 0.2) is 152 Å². The number of rotatable bonds is 3. The minimum atomic E-state index is -2.42. The van der Waals surface area contributed by atoms with Gasteiger partial charge in [0, 0.05) is 59.8 Å². The van der Waals surface area contributed by atoms with Gasteiger partial charge in [-0.15, -0.1) is 0 Å². The van der Waals surface area contributed by atoms with Crippen molar-refractivity contribution in [3.8, 4) is 11.1 Å². The van der Waals surface area contributed by atoms with Gasteiger partial charge in [0.1, 0.15) is 0 Å². The second-order valence-electron chi connectivity index (χ2n) is 26.1. The molecular weight excluding hydrogens is 880 g/mol. The summed E-state index contributed by atoms with van der Waals surface area (Å²) in [4.78, 5) is 4.93. The number of anilines is 6. The van der Waals surface area contributed by atoms with E-state index in [1.54, 1.807) is 0 Å². The van der Waals surface area contributed by atoms with Crippen LogP contribution >= 0.6 is 0 Å². The van der Waals surface area contributed by atoms with Gasteiger partial charge in [0.2, 0.25) is 0 Å². The lowest BCUT2D eigenvalue weighted by Gasteiger charge is -2.49. The summed E-state index contributed by atoms with van der Waals surface area (Å²) in [6.07, 6.45) is 0. The molecule has 2 aliphatic heterocycles. The van der Waals surface area contributed by atoms with Gasteiger partial charge in [-0.1, -0.05) is 206 Å². The Hall–Kier alpha value is -6.58. The second kappa shape index (κ2) is 15.5. The molecule has 0 saturated carbocycles. The van der Waals surface area contributed by atoms with E-state index < -0.39 is 6.85 Å². The molecule has 8 aromatic carbocycles. The summed E-state index contributed by atoms with van der Waals surface area (Å²) >= 11 is 0. The summed E-state index contributed by atoms with van der Waals surface area (Å²) < 4.78 is 28.0. The van der Waals surface area contributed by atoms with Gasteiger partial charge < -0.3 is 9.80 Å². The van der Waals surface area contributed by atoms with E-state index >= 15 is 0 Å². The summed E-state index contributed by atoms with van der Waals surface area (Å²) in [5, 5.41) is 0. The maximum atomic E-state index is 9.35. The van der Waals surface area contributed by atoms with Crippen LogP contribution in [0.3, 0.4) is 0 Å². The highest BCUT2D eigenvalue weighted by atomic mass is 15.2. The maximum Gasteiger partial charge on any atom is 0.252 e. The minimum Gasteiger partial charge on any atom is -0.311 e. The molecule has 0 saturated heterocycles. The van der Waals surface area contributed by atoms with Gasteiger partial charge in [-0.05, 0) is 156 Å². The highest BCUT2D eigenvalue weighted by Gasteiger charge is 2.49. The molecule has 73 heavy (non-hydrogen) atoms. The third-order valence-electron chi connectivity index (χ3n) is 18.1. The third kappa shape index (κ3) is 6.75. The molecule has 0 N–H and O–H groups in total. The van der Waals surface area contributed by atoms with Gasteiger partial charge in [0.25, 0.3) is 6.71 Å². The van der Waals surface area contributed by atoms with Crippen molar-refractivity contribution in [2.45, 2.75) is 143 Å². The van der Waals surface area contributed by atoms with Crippen molar-refractivity contribution in [3.05, 3.63) is 218 Å². The zero-order valence-corrected chi connectivity index (χ0v) is 45.9. The van der Waals surface area contributed by atoms with Crippen molar-refractivity contribution < 1.29 is 4.11 Å². The van der Waals surface area contributed by atoms with E-state index in [0.717, 1.165) is 56.3 Å². The summed E-state index contributed by atoms with van der Waals surface area (Å²) in [6, 6.07) is 57.0. The van der Waals surface area contributed by atoms with Crippen LogP contribution in [0.25, 0.3) is 11.1 Å². The largest absolute Gasteiger partial charge is 0.311 e. The Bertz CT molecular complexity index is 3750. The first kappa shape index (κ1) is 44.0. The number of benzene rings is 8. The summed E-state index contributed by atoms with van der Waals surface area (Å²) in [5.74, 6) is 0. The van der Waals surface area contributed by atoms with Crippen LogP contribution < -0.4 is 26.2 Å². The fourth-order valence-electron chi connectivity index (χ4n) is 13.8. The number of hydrogen-bond donors (Lipinski definition) is 0. The van der Waals surface area contributed by atoms with Gasteiger partial charge in [0.15, 0.2) is 0 Å². The number of hydrogen-bond acceptors (Lipinski definition) is 2. The standard InChI is InChI=1S/C70H73BN2/c1-42-34-62-64-63(35-42)73(60-40-54-52(36-43(60)2)67(9,10)48-26-20-22-28-50(48)69(54,13)14)59-33-31-46(66(6,7)8)38-56(59)71(64)57-39-53-55(70(15,16)51-29-23-21-27-49(51)68(53,11)12)41-61(57)72(62)58-32-30-45(65(3,4)5)37-47(58)44-24-18-17-19-25-44/h17-41H,1-16H3/i1D3. The van der Waals surface area contributed by atoms with Gasteiger partial charge in [-0.3, -0.25) is 0 Å². The fourth-order valence-corrected chi connectivity index (χ4v) is 13.8. The number of aryl methyl sites for hydroxylation is 2. The fraction of sp³-hybridized carbons (Fsp3) is 0.314. The third-order valence-corrected chi connectivity index (χ3v) is 18.1. The van der Waals surface area contributed by atoms with Crippen molar-refractivity contribution in [3.63, 3.8) is 0 Å². The molecule has 0 radical (unpaired) electrons. The van der Waals surface area contributed by atoms with Gasteiger partial charge in [-0.2, -0.15) is 0 Å². The molecule has 3 heteroatoms. The zero-order chi connectivity index (χ0) is 54.2. The molecule has 0 aromatic heterocycles. The van der Waals surface area contributed by atoms with Crippen LogP contribution in [0.5, 0.6) is 0 Å². The highest BCUT2D eigenvalue weighted by molar-refractivity contribution is 7.00. The number of fused-ring (bicyclic) bond motifs is 8. The van der Waals surface area contributed by atoms with Crippen LogP contribution in [0.1, 0.15) is 168 Å². The molecule has 0 spiro atoms. The molecule has 2 aliphatic carbocycles. The normalized spacial score (nSPS) is 17.9. The summed E-state index contributed by atoms with van der Waals surface area (Å²) in [5.41, 5.74) is 25.0. The highest BCUT2D eigenvalue weighted by Crippen LogP contribution is 2.56. The monoisotopic (exact) mass is 956 g/mol. The molecule has 0 fully saturated rings. The average molecular weight is 956 g/mol.